The van der Waals surface area contributed by atoms with Crippen molar-refractivity contribution in [2.45, 2.75) is 6.92 Å². The number of halogens is 1. The number of carbonyl (C=O) groups is 3. The summed E-state index contributed by atoms with van der Waals surface area (Å²) in [5, 5.41) is 10.2. The van der Waals surface area contributed by atoms with Crippen LogP contribution in [0.4, 0.5) is 11.5 Å². The SMILES string of the molecule is CCOC(=O)c1cnn(-c2ccccc2)c1NC(=O)CN(C)CC(=O)Nc1cccc(Cl)c1. The van der Waals surface area contributed by atoms with E-state index >= 15 is 0 Å². The van der Waals surface area contributed by atoms with E-state index in [-0.39, 0.29) is 37.0 Å². The number of anilines is 2. The minimum atomic E-state index is -0.593. The number of para-hydroxylation sites is 1. The molecule has 3 aromatic rings. The van der Waals surface area contributed by atoms with Crippen LogP contribution in [0.5, 0.6) is 0 Å². The van der Waals surface area contributed by atoms with Gasteiger partial charge in [-0.3, -0.25) is 14.5 Å². The molecule has 0 unspecified atom stereocenters. The van der Waals surface area contributed by atoms with Crippen LogP contribution < -0.4 is 10.6 Å². The van der Waals surface area contributed by atoms with E-state index in [0.717, 1.165) is 0 Å². The second-order valence-electron chi connectivity index (χ2n) is 7.15. The van der Waals surface area contributed by atoms with E-state index < -0.39 is 11.9 Å². The topological polar surface area (TPSA) is 106 Å². The summed E-state index contributed by atoms with van der Waals surface area (Å²) in [5.74, 6) is -1.11. The van der Waals surface area contributed by atoms with Crippen LogP contribution in [-0.2, 0) is 14.3 Å². The van der Waals surface area contributed by atoms with Crippen LogP contribution in [0.15, 0.2) is 60.8 Å². The van der Waals surface area contributed by atoms with Crippen molar-refractivity contribution in [1.82, 2.24) is 14.7 Å². The van der Waals surface area contributed by atoms with E-state index in [1.54, 1.807) is 55.3 Å². The van der Waals surface area contributed by atoms with Gasteiger partial charge in [0.15, 0.2) is 5.82 Å². The second kappa shape index (κ2) is 11.3. The van der Waals surface area contributed by atoms with Gasteiger partial charge in [0.2, 0.25) is 11.8 Å². The molecule has 1 heterocycles. The molecule has 2 aromatic carbocycles. The van der Waals surface area contributed by atoms with Gasteiger partial charge < -0.3 is 15.4 Å². The number of benzene rings is 2. The normalized spacial score (nSPS) is 10.7. The molecule has 0 saturated heterocycles. The number of nitrogens with one attached hydrogen (secondary N) is 2. The maximum atomic E-state index is 12.7. The molecule has 0 aliphatic heterocycles. The Morgan fingerprint density at radius 1 is 1.03 bits per heavy atom. The average molecular weight is 470 g/mol. The first-order chi connectivity index (χ1) is 15.9. The Labute approximate surface area is 196 Å². The molecule has 9 nitrogen and oxygen atoms in total. The molecule has 0 bridgehead atoms. The quantitative estimate of drug-likeness (QED) is 0.466. The molecule has 10 heteroatoms. The number of rotatable bonds is 9. The van der Waals surface area contributed by atoms with Crippen molar-refractivity contribution < 1.29 is 19.1 Å². The first kappa shape index (κ1) is 24.0. The Balaban J connectivity index is 1.68. The van der Waals surface area contributed by atoms with Crippen molar-refractivity contribution >= 4 is 40.9 Å². The number of hydrogen-bond acceptors (Lipinski definition) is 6. The minimum absolute atomic E-state index is 0.0252. The smallest absolute Gasteiger partial charge is 0.343 e. The van der Waals surface area contributed by atoms with Crippen LogP contribution in [0.1, 0.15) is 17.3 Å². The van der Waals surface area contributed by atoms with Gasteiger partial charge in [0.05, 0.1) is 31.6 Å². The molecule has 172 valence electrons. The molecule has 0 spiro atoms. The van der Waals surface area contributed by atoms with Gasteiger partial charge >= 0.3 is 5.97 Å². The van der Waals surface area contributed by atoms with Crippen molar-refractivity contribution in [3.05, 3.63) is 71.4 Å². The highest BCUT2D eigenvalue weighted by Crippen LogP contribution is 2.21. The molecule has 2 amide bonds. The number of carbonyl (C=O) groups excluding carboxylic acids is 3. The lowest BCUT2D eigenvalue weighted by Gasteiger charge is -2.17. The Bertz CT molecular complexity index is 1130. The van der Waals surface area contributed by atoms with Crippen LogP contribution in [0.3, 0.4) is 0 Å². The van der Waals surface area contributed by atoms with Gasteiger partial charge in [-0.05, 0) is 44.3 Å². The molecule has 0 saturated carbocycles. The van der Waals surface area contributed by atoms with Gasteiger partial charge in [0, 0.05) is 10.7 Å². The maximum absolute atomic E-state index is 12.7. The lowest BCUT2D eigenvalue weighted by Crippen LogP contribution is -2.36. The third-order valence-corrected chi connectivity index (χ3v) is 4.69. The summed E-state index contributed by atoms with van der Waals surface area (Å²) in [6, 6.07) is 15.9. The molecule has 3 rings (SSSR count). The number of amides is 2. The summed E-state index contributed by atoms with van der Waals surface area (Å²) >= 11 is 5.93. The van der Waals surface area contributed by atoms with Crippen molar-refractivity contribution in [2.75, 3.05) is 37.4 Å². The van der Waals surface area contributed by atoms with Gasteiger partial charge in [0.25, 0.3) is 0 Å². The summed E-state index contributed by atoms with van der Waals surface area (Å²) in [4.78, 5) is 38.9. The molecule has 0 aliphatic rings. The Hall–Kier alpha value is -3.69. The van der Waals surface area contributed by atoms with Crippen LogP contribution in [0, 0.1) is 0 Å². The molecule has 33 heavy (non-hydrogen) atoms. The van der Waals surface area contributed by atoms with Crippen molar-refractivity contribution in [3.8, 4) is 5.69 Å². The van der Waals surface area contributed by atoms with Crippen molar-refractivity contribution in [1.29, 1.82) is 0 Å². The van der Waals surface area contributed by atoms with Gasteiger partial charge in [0.1, 0.15) is 5.56 Å². The summed E-state index contributed by atoms with van der Waals surface area (Å²) in [6.07, 6.45) is 1.35. The van der Waals surface area contributed by atoms with Crippen LogP contribution in [0.25, 0.3) is 5.69 Å². The van der Waals surface area contributed by atoms with Gasteiger partial charge in [-0.2, -0.15) is 5.10 Å². The number of nitrogens with zero attached hydrogens (tertiary/aromatic N) is 3. The van der Waals surface area contributed by atoms with E-state index in [1.165, 1.54) is 10.9 Å². The first-order valence-corrected chi connectivity index (χ1v) is 10.6. The second-order valence-corrected chi connectivity index (χ2v) is 7.59. The summed E-state index contributed by atoms with van der Waals surface area (Å²) in [7, 11) is 1.64. The molecule has 0 atom stereocenters. The van der Waals surface area contributed by atoms with E-state index in [4.69, 9.17) is 16.3 Å². The number of hydrogen-bond donors (Lipinski definition) is 2. The fourth-order valence-corrected chi connectivity index (χ4v) is 3.27. The zero-order valence-electron chi connectivity index (χ0n) is 18.2. The fraction of sp³-hybridized carbons (Fsp3) is 0.217. The van der Waals surface area contributed by atoms with E-state index in [1.807, 2.05) is 18.2 Å². The Morgan fingerprint density at radius 3 is 2.39 bits per heavy atom. The molecular weight excluding hydrogens is 446 g/mol. The molecule has 0 aliphatic carbocycles. The third kappa shape index (κ3) is 6.64. The predicted molar refractivity (Wildman–Crippen MR) is 126 cm³/mol. The number of likely N-dealkylation sites (N-methyl/N-ethyl adjacent to an activating group) is 1. The van der Waals surface area contributed by atoms with Crippen molar-refractivity contribution in [3.63, 3.8) is 0 Å². The number of esters is 1. The molecule has 2 N–H and O–H groups in total. The third-order valence-electron chi connectivity index (χ3n) is 4.46. The van der Waals surface area contributed by atoms with Crippen LogP contribution >= 0.6 is 11.6 Å². The van der Waals surface area contributed by atoms with E-state index in [9.17, 15) is 14.4 Å². The van der Waals surface area contributed by atoms with Gasteiger partial charge in [-0.15, -0.1) is 0 Å². The standard InChI is InChI=1S/C23H24ClN5O4/c1-3-33-23(32)19-13-25-29(18-10-5-4-6-11-18)22(19)27-21(31)15-28(2)14-20(30)26-17-9-7-8-16(24)12-17/h4-13H,3,14-15H2,1-2H3,(H,26,30)(H,27,31). The fourth-order valence-electron chi connectivity index (χ4n) is 3.08. The minimum Gasteiger partial charge on any atom is -0.462 e. The average Bonchev–Trinajstić information content (AvgIpc) is 3.17. The number of ether oxygens (including phenoxy) is 1. The van der Waals surface area contributed by atoms with Crippen molar-refractivity contribution in [2.24, 2.45) is 0 Å². The number of aromatic nitrogens is 2. The predicted octanol–water partition coefficient (Wildman–Crippen LogP) is 3.21. The molecule has 0 radical (unpaired) electrons. The summed E-state index contributed by atoms with van der Waals surface area (Å²) in [6.45, 7) is 1.77. The highest BCUT2D eigenvalue weighted by molar-refractivity contribution is 6.30. The zero-order valence-corrected chi connectivity index (χ0v) is 19.0. The van der Waals surface area contributed by atoms with Gasteiger partial charge in [-0.25, -0.2) is 9.48 Å². The Kier molecular flexibility index (Phi) is 8.17. The monoisotopic (exact) mass is 469 g/mol. The van der Waals surface area contributed by atoms with Gasteiger partial charge in [-0.1, -0.05) is 35.9 Å². The van der Waals surface area contributed by atoms with E-state index in [2.05, 4.69) is 15.7 Å². The lowest BCUT2D eigenvalue weighted by atomic mass is 10.3. The van der Waals surface area contributed by atoms with Crippen LogP contribution in [0.2, 0.25) is 5.02 Å². The largest absolute Gasteiger partial charge is 0.462 e. The molecular formula is C23H24ClN5O4. The highest BCUT2D eigenvalue weighted by atomic mass is 35.5. The zero-order chi connectivity index (χ0) is 23.8. The molecule has 1 aromatic heterocycles. The Morgan fingerprint density at radius 2 is 1.73 bits per heavy atom. The van der Waals surface area contributed by atoms with E-state index in [0.29, 0.717) is 16.4 Å². The lowest BCUT2D eigenvalue weighted by molar-refractivity contribution is -0.119. The molecule has 0 fully saturated rings. The first-order valence-electron chi connectivity index (χ1n) is 10.2. The highest BCUT2D eigenvalue weighted by Gasteiger charge is 2.22. The summed E-state index contributed by atoms with van der Waals surface area (Å²) < 4.78 is 6.54. The summed E-state index contributed by atoms with van der Waals surface area (Å²) in [5.41, 5.74) is 1.37. The maximum Gasteiger partial charge on any atom is 0.343 e. The van der Waals surface area contributed by atoms with Crippen LogP contribution in [-0.4, -0.2) is 59.2 Å².